The van der Waals surface area contributed by atoms with Crippen LogP contribution in [0.1, 0.15) is 34.6 Å². The largest absolute Gasteiger partial charge is 0.250 e. The summed E-state index contributed by atoms with van der Waals surface area (Å²) in [5.74, 6) is 0.648. The van der Waals surface area contributed by atoms with Gasteiger partial charge in [-0.3, -0.25) is 0 Å². The molecule has 0 aliphatic heterocycles. The minimum Gasteiger partial charge on any atom is -0.250 e. The molecule has 0 aromatic rings. The van der Waals surface area contributed by atoms with E-state index in [1.54, 1.807) is 6.92 Å². The van der Waals surface area contributed by atoms with Crippen LogP contribution in [0.2, 0.25) is 0 Å². The maximum Gasteiger partial charge on any atom is 0.124 e. The number of hydrogen-bond acceptors (Lipinski definition) is 1. The van der Waals surface area contributed by atoms with Crippen LogP contribution in [0.5, 0.6) is 0 Å². The molecule has 0 bridgehead atoms. The third kappa shape index (κ3) is 27.3. The second-order valence-electron chi connectivity index (χ2n) is 1.02. The first-order chi connectivity index (χ1) is 5.31. The molecule has 0 radical (unpaired) electrons. The lowest BCUT2D eigenvalue weighted by Crippen LogP contribution is -1.78. The average molecular weight is 156 g/mol. The summed E-state index contributed by atoms with van der Waals surface area (Å²) in [6, 6.07) is 0. The zero-order valence-electron chi connectivity index (χ0n) is 8.39. The van der Waals surface area contributed by atoms with Gasteiger partial charge < -0.3 is 0 Å². The monoisotopic (exact) mass is 156 g/mol. The first-order valence-electron chi connectivity index (χ1n) is 3.93. The summed E-state index contributed by atoms with van der Waals surface area (Å²) in [6.07, 6.45) is 1.43. The molecule has 2 nitrogen and oxygen atoms in total. The van der Waals surface area contributed by atoms with Gasteiger partial charge in [0.2, 0.25) is 0 Å². The fourth-order valence-electron chi connectivity index (χ4n) is 0.173. The van der Waals surface area contributed by atoms with Crippen molar-refractivity contribution in [3.8, 4) is 0 Å². The van der Waals surface area contributed by atoms with Crippen molar-refractivity contribution >= 4 is 12.6 Å². The molecule has 0 saturated carbocycles. The van der Waals surface area contributed by atoms with Crippen LogP contribution in [0.3, 0.4) is 0 Å². The van der Waals surface area contributed by atoms with E-state index >= 15 is 0 Å². The Labute approximate surface area is 70.8 Å². The summed E-state index contributed by atoms with van der Waals surface area (Å²) in [5.41, 5.74) is 0. The summed E-state index contributed by atoms with van der Waals surface area (Å²) in [6.45, 7) is 16.4. The molecule has 0 N–H and O–H groups in total. The van der Waals surface area contributed by atoms with Gasteiger partial charge in [0.05, 0.1) is 0 Å². The van der Waals surface area contributed by atoms with E-state index in [1.165, 1.54) is 6.20 Å². The van der Waals surface area contributed by atoms with Gasteiger partial charge in [-0.1, -0.05) is 34.3 Å². The summed E-state index contributed by atoms with van der Waals surface area (Å²) >= 11 is 0. The van der Waals surface area contributed by atoms with Crippen molar-refractivity contribution in [1.29, 1.82) is 0 Å². The molecule has 0 spiro atoms. The SMILES string of the molecule is C=CN=C(C)N=C.CC.CC. The molecular weight excluding hydrogens is 136 g/mol. The van der Waals surface area contributed by atoms with Crippen LogP contribution < -0.4 is 0 Å². The molecule has 0 aliphatic rings. The predicted molar refractivity (Wildman–Crippen MR) is 55.6 cm³/mol. The Morgan fingerprint density at radius 1 is 1.18 bits per heavy atom. The molecule has 0 amide bonds. The highest BCUT2D eigenvalue weighted by atomic mass is 14.9. The fraction of sp³-hybridized carbons (Fsp3) is 0.556. The predicted octanol–water partition coefficient (Wildman–Crippen LogP) is 3.30. The van der Waals surface area contributed by atoms with Gasteiger partial charge in [0.15, 0.2) is 0 Å². The van der Waals surface area contributed by atoms with Crippen molar-refractivity contribution in [1.82, 2.24) is 0 Å². The van der Waals surface area contributed by atoms with Gasteiger partial charge >= 0.3 is 0 Å². The summed E-state index contributed by atoms with van der Waals surface area (Å²) in [5, 5.41) is 0. The zero-order chi connectivity index (χ0) is 9.70. The standard InChI is InChI=1S/C5H8N2.2C2H6/c1-4-7-5(2)6-3;2*1-2/h4H,1,3H2,2H3;2*1-2H3. The van der Waals surface area contributed by atoms with E-state index < -0.39 is 0 Å². The molecule has 2 heteroatoms. The molecule has 0 aromatic carbocycles. The van der Waals surface area contributed by atoms with Crippen LogP contribution >= 0.6 is 0 Å². The topological polar surface area (TPSA) is 24.7 Å². The van der Waals surface area contributed by atoms with Gasteiger partial charge in [0, 0.05) is 6.20 Å². The van der Waals surface area contributed by atoms with Gasteiger partial charge in [-0.15, -0.1) is 0 Å². The van der Waals surface area contributed by atoms with Gasteiger partial charge in [-0.2, -0.15) is 0 Å². The zero-order valence-corrected chi connectivity index (χ0v) is 8.39. The van der Waals surface area contributed by atoms with Crippen molar-refractivity contribution in [3.05, 3.63) is 12.8 Å². The summed E-state index contributed by atoms with van der Waals surface area (Å²) < 4.78 is 0. The maximum absolute atomic E-state index is 3.69. The van der Waals surface area contributed by atoms with Crippen molar-refractivity contribution in [3.63, 3.8) is 0 Å². The number of rotatable bonds is 1. The highest BCUT2D eigenvalue weighted by Gasteiger charge is 1.71. The van der Waals surface area contributed by atoms with E-state index in [9.17, 15) is 0 Å². The van der Waals surface area contributed by atoms with Crippen LogP contribution in [-0.4, -0.2) is 12.6 Å². The highest BCUT2D eigenvalue weighted by molar-refractivity contribution is 5.84. The average Bonchev–Trinajstić information content (AvgIpc) is 2.12. The molecule has 0 saturated heterocycles. The third-order valence-electron chi connectivity index (χ3n) is 0.507. The number of hydrogen-bond donors (Lipinski definition) is 0. The minimum atomic E-state index is 0.648. The van der Waals surface area contributed by atoms with E-state index in [1.807, 2.05) is 27.7 Å². The Balaban J connectivity index is -0.000000138. The van der Waals surface area contributed by atoms with Gasteiger partial charge in [-0.05, 0) is 13.6 Å². The van der Waals surface area contributed by atoms with E-state index in [0.29, 0.717) is 5.84 Å². The second-order valence-corrected chi connectivity index (χ2v) is 1.02. The molecule has 0 heterocycles. The van der Waals surface area contributed by atoms with Crippen LogP contribution in [0.15, 0.2) is 22.8 Å². The lowest BCUT2D eigenvalue weighted by atomic mass is 10.7. The lowest BCUT2D eigenvalue weighted by molar-refractivity contribution is 1.48. The van der Waals surface area contributed by atoms with Crippen LogP contribution in [-0.2, 0) is 0 Å². The lowest BCUT2D eigenvalue weighted by Gasteiger charge is -1.79. The Kier molecular flexibility index (Phi) is 34.6. The normalized spacial score (nSPS) is 7.91. The number of aliphatic imine (C=N–C) groups is 2. The third-order valence-corrected chi connectivity index (χ3v) is 0.507. The first kappa shape index (κ1) is 16.6. The van der Waals surface area contributed by atoms with Crippen LogP contribution in [0.25, 0.3) is 0 Å². The van der Waals surface area contributed by atoms with Gasteiger partial charge in [0.25, 0.3) is 0 Å². The molecule has 0 aliphatic carbocycles. The van der Waals surface area contributed by atoms with Crippen molar-refractivity contribution in [2.24, 2.45) is 9.98 Å². The fourth-order valence-corrected chi connectivity index (χ4v) is 0.173. The molecule has 11 heavy (non-hydrogen) atoms. The van der Waals surface area contributed by atoms with Gasteiger partial charge in [0.1, 0.15) is 5.84 Å². The Bertz CT molecular complexity index is 104. The number of amidine groups is 1. The number of nitrogens with zero attached hydrogens (tertiary/aromatic N) is 2. The van der Waals surface area contributed by atoms with Gasteiger partial charge in [-0.25, -0.2) is 9.98 Å². The Morgan fingerprint density at radius 2 is 1.55 bits per heavy atom. The van der Waals surface area contributed by atoms with Crippen LogP contribution in [0.4, 0.5) is 0 Å². The van der Waals surface area contributed by atoms with Crippen molar-refractivity contribution in [2.45, 2.75) is 34.6 Å². The molecule has 0 rings (SSSR count). The van der Waals surface area contributed by atoms with Crippen molar-refractivity contribution < 1.29 is 0 Å². The maximum atomic E-state index is 3.69. The van der Waals surface area contributed by atoms with E-state index in [2.05, 4.69) is 23.3 Å². The Hall–Kier alpha value is -0.920. The highest BCUT2D eigenvalue weighted by Crippen LogP contribution is 1.75. The van der Waals surface area contributed by atoms with E-state index in [0.717, 1.165) is 0 Å². The van der Waals surface area contributed by atoms with Crippen LogP contribution in [0, 0.1) is 0 Å². The van der Waals surface area contributed by atoms with E-state index in [4.69, 9.17) is 0 Å². The summed E-state index contributed by atoms with van der Waals surface area (Å²) in [7, 11) is 0. The first-order valence-corrected chi connectivity index (χ1v) is 3.93. The smallest absolute Gasteiger partial charge is 0.124 e. The molecule has 0 unspecified atom stereocenters. The quantitative estimate of drug-likeness (QED) is 0.411. The second kappa shape index (κ2) is 23.0. The molecule has 0 fully saturated rings. The molecule has 0 atom stereocenters. The summed E-state index contributed by atoms with van der Waals surface area (Å²) in [4.78, 5) is 7.20. The molecular formula is C9H20N2. The van der Waals surface area contributed by atoms with Crippen molar-refractivity contribution in [2.75, 3.05) is 0 Å². The molecule has 0 aromatic heterocycles. The Morgan fingerprint density at radius 3 is 1.64 bits per heavy atom. The van der Waals surface area contributed by atoms with E-state index in [-0.39, 0.29) is 0 Å². The molecule has 66 valence electrons. The minimum absolute atomic E-state index is 0.648.